The van der Waals surface area contributed by atoms with E-state index < -0.39 is 17.7 Å². The van der Waals surface area contributed by atoms with Gasteiger partial charge in [0.15, 0.2) is 0 Å². The molecule has 0 bridgehead atoms. The Labute approximate surface area is 243 Å². The van der Waals surface area contributed by atoms with Gasteiger partial charge in [-0.15, -0.1) is 0 Å². The highest BCUT2D eigenvalue weighted by molar-refractivity contribution is 6.05. The fourth-order valence-electron chi connectivity index (χ4n) is 5.94. The Morgan fingerprint density at radius 3 is 2.38 bits per heavy atom. The predicted octanol–water partition coefficient (Wildman–Crippen LogP) is 3.97. The van der Waals surface area contributed by atoms with E-state index in [2.05, 4.69) is 17.0 Å². The number of carbonyl (C=O) groups is 3. The molecule has 3 amide bonds. The largest absolute Gasteiger partial charge is 0.489 e. The summed E-state index contributed by atoms with van der Waals surface area (Å²) in [5, 5.41) is 0. The smallest absolute Gasteiger partial charge is 0.255 e. The van der Waals surface area contributed by atoms with Crippen LogP contribution in [0.4, 0.5) is 14.5 Å². The first-order valence-electron chi connectivity index (χ1n) is 14.1. The number of nitrogens with zero attached hydrogens (tertiary/aromatic N) is 4. The van der Waals surface area contributed by atoms with Crippen molar-refractivity contribution in [2.45, 2.75) is 38.6 Å². The lowest BCUT2D eigenvalue weighted by Gasteiger charge is -2.36. The third-order valence-corrected chi connectivity index (χ3v) is 8.40. The van der Waals surface area contributed by atoms with Crippen molar-refractivity contribution >= 4 is 23.4 Å². The fraction of sp³-hybridized carbons (Fsp3) is 0.344. The number of fused-ring (bicyclic) bond motifs is 1. The predicted molar refractivity (Wildman–Crippen MR) is 152 cm³/mol. The number of likely N-dealkylation sites (N-methyl/N-ethyl adjacent to an activating group) is 1. The number of carbonyl (C=O) groups excluding carboxylic acids is 3. The molecular formula is C32H32F2N4O4. The number of benzene rings is 3. The van der Waals surface area contributed by atoms with Crippen molar-refractivity contribution in [2.24, 2.45) is 0 Å². The number of likely N-dealkylation sites (tertiary alicyclic amines) is 1. The highest BCUT2D eigenvalue weighted by Crippen LogP contribution is 2.34. The van der Waals surface area contributed by atoms with Gasteiger partial charge in [-0.1, -0.05) is 30.3 Å². The number of piperidine rings is 1. The molecule has 0 aliphatic carbocycles. The molecule has 1 unspecified atom stereocenters. The summed E-state index contributed by atoms with van der Waals surface area (Å²) in [5.41, 5.74) is 3.86. The fourth-order valence-corrected chi connectivity index (χ4v) is 5.94. The second-order valence-electron chi connectivity index (χ2n) is 11.0. The molecule has 2 fully saturated rings. The molecule has 0 radical (unpaired) electrons. The molecule has 3 aromatic rings. The van der Waals surface area contributed by atoms with Gasteiger partial charge in [0.2, 0.25) is 5.91 Å². The van der Waals surface area contributed by atoms with Gasteiger partial charge >= 0.3 is 0 Å². The van der Waals surface area contributed by atoms with Crippen LogP contribution < -0.4 is 9.64 Å². The number of anilines is 1. The van der Waals surface area contributed by atoms with Gasteiger partial charge in [0.05, 0.1) is 12.2 Å². The lowest BCUT2D eigenvalue weighted by atomic mass is 10.0. The van der Waals surface area contributed by atoms with Crippen molar-refractivity contribution in [1.29, 1.82) is 0 Å². The third kappa shape index (κ3) is 5.46. The first-order valence-corrected chi connectivity index (χ1v) is 14.1. The van der Waals surface area contributed by atoms with Crippen molar-refractivity contribution in [2.75, 3.05) is 38.1 Å². The Hall–Kier alpha value is -4.31. The van der Waals surface area contributed by atoms with E-state index in [-0.39, 0.29) is 30.7 Å². The number of amides is 3. The summed E-state index contributed by atoms with van der Waals surface area (Å²) in [5.74, 6) is -1.29. The average molecular weight is 575 g/mol. The Balaban J connectivity index is 1.03. The van der Waals surface area contributed by atoms with Crippen LogP contribution in [0.2, 0.25) is 0 Å². The zero-order valence-corrected chi connectivity index (χ0v) is 23.4. The summed E-state index contributed by atoms with van der Waals surface area (Å²) in [6.07, 6.45) is 0.561. The van der Waals surface area contributed by atoms with Gasteiger partial charge in [0, 0.05) is 63.4 Å². The maximum Gasteiger partial charge on any atom is 0.255 e. The molecule has 42 heavy (non-hydrogen) atoms. The van der Waals surface area contributed by atoms with Gasteiger partial charge in [-0.2, -0.15) is 0 Å². The molecule has 1 atom stereocenters. The van der Waals surface area contributed by atoms with E-state index in [1.54, 1.807) is 17.0 Å². The van der Waals surface area contributed by atoms with E-state index in [1.165, 1.54) is 19.2 Å². The molecular weight excluding hydrogens is 542 g/mol. The van der Waals surface area contributed by atoms with Gasteiger partial charge in [-0.3, -0.25) is 24.2 Å². The minimum absolute atomic E-state index is 0.218. The quantitative estimate of drug-likeness (QED) is 0.398. The van der Waals surface area contributed by atoms with E-state index in [0.717, 1.165) is 47.3 Å². The first-order chi connectivity index (χ1) is 20.3. The molecule has 6 rings (SSSR count). The molecule has 3 heterocycles. The molecule has 10 heteroatoms. The van der Waals surface area contributed by atoms with Gasteiger partial charge in [0.1, 0.15) is 30.0 Å². The van der Waals surface area contributed by atoms with E-state index >= 15 is 0 Å². The van der Waals surface area contributed by atoms with Crippen molar-refractivity contribution < 1.29 is 27.9 Å². The Morgan fingerprint density at radius 1 is 0.905 bits per heavy atom. The zero-order chi connectivity index (χ0) is 29.4. The van der Waals surface area contributed by atoms with Gasteiger partial charge < -0.3 is 14.5 Å². The second kappa shape index (κ2) is 11.5. The van der Waals surface area contributed by atoms with Crippen molar-refractivity contribution in [1.82, 2.24) is 14.7 Å². The normalized spacial score (nSPS) is 19.5. The summed E-state index contributed by atoms with van der Waals surface area (Å²) < 4.78 is 33.6. The minimum atomic E-state index is -0.653. The van der Waals surface area contributed by atoms with Crippen LogP contribution in [0, 0.1) is 11.6 Å². The number of ether oxygens (including phenoxy) is 1. The van der Waals surface area contributed by atoms with Crippen molar-refractivity contribution in [3.8, 4) is 5.75 Å². The van der Waals surface area contributed by atoms with Gasteiger partial charge in [-0.25, -0.2) is 8.78 Å². The highest BCUT2D eigenvalue weighted by Gasteiger charge is 2.42. The summed E-state index contributed by atoms with van der Waals surface area (Å²) in [6.45, 7) is 4.24. The van der Waals surface area contributed by atoms with Crippen LogP contribution in [0.25, 0.3) is 0 Å². The summed E-state index contributed by atoms with van der Waals surface area (Å²) in [4.78, 5) is 44.7. The summed E-state index contributed by atoms with van der Waals surface area (Å²) in [6, 6.07) is 16.6. The van der Waals surface area contributed by atoms with E-state index in [0.29, 0.717) is 43.1 Å². The topological polar surface area (TPSA) is 73.4 Å². The van der Waals surface area contributed by atoms with Gasteiger partial charge in [-0.05, 0) is 41.8 Å². The summed E-state index contributed by atoms with van der Waals surface area (Å²) >= 11 is 0. The molecule has 218 valence electrons. The Kier molecular flexibility index (Phi) is 7.64. The molecule has 2 saturated heterocycles. The first kappa shape index (κ1) is 27.8. The standard InChI is InChI=1S/C32H32F2N4O4/c1-35-30(39)12-11-28(32(35)41)38-19-25-24(31(38)40)3-2-4-29(25)42-20-22-7-5-21(6-8-22)18-36-13-15-37(16-14-36)27-10-9-23(33)17-26(27)34/h2-10,17,28H,11-16,18-20H2,1H3. The second-order valence-corrected chi connectivity index (χ2v) is 11.0. The molecule has 3 aliphatic heterocycles. The van der Waals surface area contributed by atoms with Crippen LogP contribution in [0.3, 0.4) is 0 Å². The highest BCUT2D eigenvalue weighted by atomic mass is 19.1. The van der Waals surface area contributed by atoms with E-state index in [9.17, 15) is 23.2 Å². The maximum absolute atomic E-state index is 14.2. The van der Waals surface area contributed by atoms with Crippen LogP contribution in [-0.4, -0.2) is 71.7 Å². The maximum atomic E-state index is 14.2. The molecule has 0 aromatic heterocycles. The Bertz CT molecular complexity index is 1520. The number of rotatable bonds is 7. The molecule has 3 aromatic carbocycles. The number of halogens is 2. The van der Waals surface area contributed by atoms with Crippen molar-refractivity contribution in [3.63, 3.8) is 0 Å². The van der Waals surface area contributed by atoms with Crippen LogP contribution in [0.1, 0.15) is 39.9 Å². The lowest BCUT2D eigenvalue weighted by Crippen LogP contribution is -2.53. The number of hydrogen-bond donors (Lipinski definition) is 0. The molecule has 0 spiro atoms. The molecule has 3 aliphatic rings. The van der Waals surface area contributed by atoms with Crippen LogP contribution in [0.15, 0.2) is 60.7 Å². The van der Waals surface area contributed by atoms with E-state index in [1.807, 2.05) is 23.1 Å². The van der Waals surface area contributed by atoms with E-state index in [4.69, 9.17) is 4.74 Å². The van der Waals surface area contributed by atoms with Crippen molar-refractivity contribution in [3.05, 3.63) is 94.6 Å². The monoisotopic (exact) mass is 574 g/mol. The molecule has 0 N–H and O–H groups in total. The molecule has 0 saturated carbocycles. The van der Waals surface area contributed by atoms with Gasteiger partial charge in [0.25, 0.3) is 11.8 Å². The van der Waals surface area contributed by atoms with Crippen LogP contribution >= 0.6 is 0 Å². The van der Waals surface area contributed by atoms with Crippen LogP contribution in [-0.2, 0) is 29.3 Å². The Morgan fingerprint density at radius 2 is 1.64 bits per heavy atom. The third-order valence-electron chi connectivity index (χ3n) is 8.40. The summed E-state index contributed by atoms with van der Waals surface area (Å²) in [7, 11) is 1.46. The number of imide groups is 1. The zero-order valence-electron chi connectivity index (χ0n) is 23.4. The number of hydrogen-bond acceptors (Lipinski definition) is 6. The average Bonchev–Trinajstić information content (AvgIpc) is 3.33. The molecule has 8 nitrogen and oxygen atoms in total. The SMILES string of the molecule is CN1C(=O)CCC(N2Cc3c(OCc4ccc(CN5CCN(c6ccc(F)cc6F)CC5)cc4)cccc3C2=O)C1=O. The lowest BCUT2D eigenvalue weighted by molar-refractivity contribution is -0.150. The van der Waals surface area contributed by atoms with Crippen LogP contribution in [0.5, 0.6) is 5.75 Å². The number of piperazine rings is 1. The minimum Gasteiger partial charge on any atom is -0.489 e.